The minimum Gasteiger partial charge on any atom is -0.490 e. The molecule has 0 saturated carbocycles. The van der Waals surface area contributed by atoms with Gasteiger partial charge in [-0.25, -0.2) is 0 Å². The maximum Gasteiger partial charge on any atom is 0.269 e. The van der Waals surface area contributed by atoms with E-state index in [0.29, 0.717) is 35.8 Å². The van der Waals surface area contributed by atoms with Gasteiger partial charge in [0.1, 0.15) is 6.61 Å². The Labute approximate surface area is 181 Å². The van der Waals surface area contributed by atoms with E-state index in [-0.39, 0.29) is 5.69 Å². The van der Waals surface area contributed by atoms with E-state index in [1.807, 2.05) is 50.2 Å². The highest BCUT2D eigenvalue weighted by Gasteiger charge is 2.10. The van der Waals surface area contributed by atoms with E-state index < -0.39 is 4.92 Å². The molecule has 0 radical (unpaired) electrons. The zero-order valence-electron chi connectivity index (χ0n) is 17.4. The largest absolute Gasteiger partial charge is 0.490 e. The van der Waals surface area contributed by atoms with Crippen LogP contribution in [0.15, 0.2) is 66.7 Å². The Kier molecular flexibility index (Phi) is 7.02. The second-order valence-electron chi connectivity index (χ2n) is 6.89. The van der Waals surface area contributed by atoms with Crippen molar-refractivity contribution in [3.05, 3.63) is 99.1 Å². The van der Waals surface area contributed by atoms with E-state index in [1.165, 1.54) is 17.7 Å². The van der Waals surface area contributed by atoms with Crippen molar-refractivity contribution in [2.24, 2.45) is 0 Å². The zero-order chi connectivity index (χ0) is 22.2. The van der Waals surface area contributed by atoms with Crippen molar-refractivity contribution < 1.29 is 14.4 Å². The van der Waals surface area contributed by atoms with Crippen LogP contribution < -0.4 is 9.47 Å². The summed E-state index contributed by atoms with van der Waals surface area (Å²) in [6.07, 6.45) is 1.72. The SMILES string of the molecule is CCOc1cc(/C=C(/C#N)c2ccc([N+](=O)[O-])cc2)ccc1OCc1cccc(C)c1. The maximum absolute atomic E-state index is 10.8. The van der Waals surface area contributed by atoms with Crippen LogP contribution in [0.25, 0.3) is 11.6 Å². The van der Waals surface area contributed by atoms with Crippen molar-refractivity contribution >= 4 is 17.3 Å². The smallest absolute Gasteiger partial charge is 0.269 e. The van der Waals surface area contributed by atoms with Crippen molar-refractivity contribution in [3.8, 4) is 17.6 Å². The van der Waals surface area contributed by atoms with E-state index in [0.717, 1.165) is 11.1 Å². The second kappa shape index (κ2) is 10.1. The van der Waals surface area contributed by atoms with Crippen LogP contribution in [0.3, 0.4) is 0 Å². The molecule has 0 N–H and O–H groups in total. The van der Waals surface area contributed by atoms with Crippen LogP contribution in [0.1, 0.15) is 29.2 Å². The highest BCUT2D eigenvalue weighted by Crippen LogP contribution is 2.31. The number of hydrogen-bond donors (Lipinski definition) is 0. The number of rotatable bonds is 8. The Hall–Kier alpha value is -4.11. The van der Waals surface area contributed by atoms with E-state index in [9.17, 15) is 15.4 Å². The molecule has 0 aliphatic rings. The first-order valence-corrected chi connectivity index (χ1v) is 9.82. The summed E-state index contributed by atoms with van der Waals surface area (Å²) in [7, 11) is 0. The molecule has 0 fully saturated rings. The molecule has 3 aromatic carbocycles. The molecule has 3 rings (SSSR count). The number of hydrogen-bond acceptors (Lipinski definition) is 5. The van der Waals surface area contributed by atoms with Gasteiger partial charge in [0.15, 0.2) is 11.5 Å². The summed E-state index contributed by atoms with van der Waals surface area (Å²) < 4.78 is 11.7. The van der Waals surface area contributed by atoms with E-state index >= 15 is 0 Å². The van der Waals surface area contributed by atoms with E-state index in [2.05, 4.69) is 12.1 Å². The highest BCUT2D eigenvalue weighted by atomic mass is 16.6. The number of non-ortho nitro benzene ring substituents is 1. The molecule has 0 saturated heterocycles. The average molecular weight is 414 g/mol. The second-order valence-corrected chi connectivity index (χ2v) is 6.89. The van der Waals surface area contributed by atoms with Crippen molar-refractivity contribution in [1.82, 2.24) is 0 Å². The summed E-state index contributed by atoms with van der Waals surface area (Å²) in [5.41, 5.74) is 3.98. The van der Waals surface area contributed by atoms with Crippen LogP contribution in [0.2, 0.25) is 0 Å². The standard InChI is InChI=1S/C25H22N2O4/c1-3-30-25-15-19(7-12-24(25)31-17-20-6-4-5-18(2)13-20)14-22(16-26)21-8-10-23(11-9-21)27(28)29/h4-15H,3,17H2,1-2H3/b22-14-. The number of nitro groups is 1. The molecular formula is C25H22N2O4. The molecule has 0 unspecified atom stereocenters. The molecule has 0 amide bonds. The molecule has 0 spiro atoms. The molecule has 31 heavy (non-hydrogen) atoms. The number of nitrogens with zero attached hydrogens (tertiary/aromatic N) is 2. The van der Waals surface area contributed by atoms with Crippen LogP contribution in [0.5, 0.6) is 11.5 Å². The predicted octanol–water partition coefficient (Wildman–Crippen LogP) is 5.95. The summed E-state index contributed by atoms with van der Waals surface area (Å²) in [6, 6.07) is 21.6. The Morgan fingerprint density at radius 2 is 1.84 bits per heavy atom. The lowest BCUT2D eigenvalue weighted by Gasteiger charge is -2.13. The minimum absolute atomic E-state index is 0.0187. The molecule has 6 nitrogen and oxygen atoms in total. The van der Waals surface area contributed by atoms with Gasteiger partial charge in [0.05, 0.1) is 23.2 Å². The molecule has 0 aliphatic heterocycles. The summed E-state index contributed by atoms with van der Waals surface area (Å²) in [5, 5.41) is 20.4. The van der Waals surface area contributed by atoms with Crippen molar-refractivity contribution in [2.75, 3.05) is 6.61 Å². The quantitative estimate of drug-likeness (QED) is 0.197. The fraction of sp³-hybridized carbons (Fsp3) is 0.160. The number of allylic oxidation sites excluding steroid dienone is 1. The molecule has 0 aliphatic carbocycles. The van der Waals surface area contributed by atoms with Gasteiger partial charge in [0, 0.05) is 12.1 Å². The number of nitriles is 1. The lowest BCUT2D eigenvalue weighted by Crippen LogP contribution is -2.00. The predicted molar refractivity (Wildman–Crippen MR) is 120 cm³/mol. The van der Waals surface area contributed by atoms with Crippen LogP contribution >= 0.6 is 0 Å². The Balaban J connectivity index is 1.84. The third kappa shape index (κ3) is 5.71. The first-order chi connectivity index (χ1) is 15.0. The van der Waals surface area contributed by atoms with Gasteiger partial charge < -0.3 is 9.47 Å². The van der Waals surface area contributed by atoms with Crippen molar-refractivity contribution in [3.63, 3.8) is 0 Å². The van der Waals surface area contributed by atoms with E-state index in [4.69, 9.17) is 9.47 Å². The summed E-state index contributed by atoms with van der Waals surface area (Å²) in [4.78, 5) is 10.4. The van der Waals surface area contributed by atoms with Gasteiger partial charge in [-0.1, -0.05) is 35.9 Å². The molecule has 0 aromatic heterocycles. The molecule has 0 bridgehead atoms. The van der Waals surface area contributed by atoms with Gasteiger partial charge in [-0.2, -0.15) is 5.26 Å². The summed E-state index contributed by atoms with van der Waals surface area (Å²) in [5.74, 6) is 1.21. The Morgan fingerprint density at radius 3 is 2.48 bits per heavy atom. The maximum atomic E-state index is 10.8. The molecule has 0 heterocycles. The van der Waals surface area contributed by atoms with Gasteiger partial charge in [-0.05, 0) is 60.9 Å². The van der Waals surface area contributed by atoms with Crippen molar-refractivity contribution in [2.45, 2.75) is 20.5 Å². The van der Waals surface area contributed by atoms with Gasteiger partial charge in [0.2, 0.25) is 0 Å². The Morgan fingerprint density at radius 1 is 1.06 bits per heavy atom. The fourth-order valence-corrected chi connectivity index (χ4v) is 3.07. The van der Waals surface area contributed by atoms with Gasteiger partial charge in [-0.3, -0.25) is 10.1 Å². The number of aryl methyl sites for hydroxylation is 1. The topological polar surface area (TPSA) is 85.4 Å². The normalized spacial score (nSPS) is 10.9. The fourth-order valence-electron chi connectivity index (χ4n) is 3.07. The number of ether oxygens (including phenoxy) is 2. The highest BCUT2D eigenvalue weighted by molar-refractivity contribution is 5.90. The summed E-state index contributed by atoms with van der Waals surface area (Å²) in [6.45, 7) is 4.82. The number of nitro benzene ring substituents is 1. The molecule has 6 heteroatoms. The molecular weight excluding hydrogens is 392 g/mol. The number of benzene rings is 3. The first-order valence-electron chi connectivity index (χ1n) is 9.82. The van der Waals surface area contributed by atoms with E-state index in [1.54, 1.807) is 18.2 Å². The monoisotopic (exact) mass is 414 g/mol. The van der Waals surface area contributed by atoms with Crippen LogP contribution in [0.4, 0.5) is 5.69 Å². The summed E-state index contributed by atoms with van der Waals surface area (Å²) >= 11 is 0. The van der Waals surface area contributed by atoms with Crippen LogP contribution in [-0.4, -0.2) is 11.5 Å². The third-order valence-electron chi connectivity index (χ3n) is 4.57. The molecule has 3 aromatic rings. The molecule has 0 atom stereocenters. The third-order valence-corrected chi connectivity index (χ3v) is 4.57. The van der Waals surface area contributed by atoms with Gasteiger partial charge in [-0.15, -0.1) is 0 Å². The van der Waals surface area contributed by atoms with Gasteiger partial charge >= 0.3 is 0 Å². The minimum atomic E-state index is -0.469. The van der Waals surface area contributed by atoms with Gasteiger partial charge in [0.25, 0.3) is 5.69 Å². The van der Waals surface area contributed by atoms with Crippen molar-refractivity contribution in [1.29, 1.82) is 5.26 Å². The van der Waals surface area contributed by atoms with Crippen LogP contribution in [0, 0.1) is 28.4 Å². The van der Waals surface area contributed by atoms with Crippen LogP contribution in [-0.2, 0) is 6.61 Å². The zero-order valence-corrected chi connectivity index (χ0v) is 17.4. The lowest BCUT2D eigenvalue weighted by atomic mass is 10.0. The lowest BCUT2D eigenvalue weighted by molar-refractivity contribution is -0.384. The Bertz CT molecular complexity index is 1140. The average Bonchev–Trinajstić information content (AvgIpc) is 2.77. The first kappa shape index (κ1) is 21.6. The molecule has 156 valence electrons.